The van der Waals surface area contributed by atoms with Crippen LogP contribution in [0.5, 0.6) is 11.5 Å². The minimum Gasteiger partial charge on any atom is -0.497 e. The fraction of sp³-hybridized carbons (Fsp3) is 0.222. The van der Waals surface area contributed by atoms with Crippen molar-refractivity contribution in [1.29, 1.82) is 0 Å². The van der Waals surface area contributed by atoms with Gasteiger partial charge in [-0.15, -0.1) is 0 Å². The van der Waals surface area contributed by atoms with Gasteiger partial charge in [-0.2, -0.15) is 0 Å². The third-order valence-corrected chi connectivity index (χ3v) is 6.40. The molecule has 1 aromatic heterocycles. The van der Waals surface area contributed by atoms with Crippen molar-refractivity contribution in [3.05, 3.63) is 104 Å². The largest absolute Gasteiger partial charge is 0.497 e. The third-order valence-electron chi connectivity index (χ3n) is 6.12. The van der Waals surface area contributed by atoms with E-state index in [1.165, 1.54) is 0 Å². The van der Waals surface area contributed by atoms with Crippen LogP contribution >= 0.6 is 11.6 Å². The molecule has 33 heavy (non-hydrogen) atoms. The van der Waals surface area contributed by atoms with Crippen LogP contribution in [-0.4, -0.2) is 18.7 Å². The Labute approximate surface area is 197 Å². The molecule has 0 saturated carbocycles. The summed E-state index contributed by atoms with van der Waals surface area (Å²) < 4.78 is 17.2. The highest BCUT2D eigenvalue weighted by Crippen LogP contribution is 2.40. The van der Waals surface area contributed by atoms with Crippen molar-refractivity contribution < 1.29 is 13.9 Å². The maximum Gasteiger partial charge on any atom is 0.340 e. The summed E-state index contributed by atoms with van der Waals surface area (Å²) in [4.78, 5) is 15.1. The van der Waals surface area contributed by atoms with Crippen molar-refractivity contribution in [1.82, 2.24) is 4.90 Å². The van der Waals surface area contributed by atoms with Gasteiger partial charge in [-0.3, -0.25) is 4.90 Å². The predicted octanol–water partition coefficient (Wildman–Crippen LogP) is 5.71. The summed E-state index contributed by atoms with van der Waals surface area (Å²) >= 11 is 6.61. The average molecular weight is 462 g/mol. The lowest BCUT2D eigenvalue weighted by atomic mass is 9.97. The second kappa shape index (κ2) is 8.93. The molecule has 0 spiro atoms. The van der Waals surface area contributed by atoms with E-state index in [1.54, 1.807) is 7.11 Å². The minimum atomic E-state index is -0.321. The quantitative estimate of drug-likeness (QED) is 0.356. The van der Waals surface area contributed by atoms with Gasteiger partial charge in [0.15, 0.2) is 0 Å². The SMILES string of the molecule is COc1cccc(CN2COc3c(Cl)cc4c(C)c(Cc5ccccc5)c(=O)oc4c3C2)c1. The Morgan fingerprint density at radius 2 is 1.85 bits per heavy atom. The average Bonchev–Trinajstić information content (AvgIpc) is 2.83. The van der Waals surface area contributed by atoms with Crippen LogP contribution in [0, 0.1) is 6.92 Å². The van der Waals surface area contributed by atoms with E-state index in [9.17, 15) is 4.79 Å². The van der Waals surface area contributed by atoms with Gasteiger partial charge in [0, 0.05) is 30.5 Å². The lowest BCUT2D eigenvalue weighted by molar-refractivity contribution is 0.0890. The highest BCUT2D eigenvalue weighted by molar-refractivity contribution is 6.33. The first-order valence-electron chi connectivity index (χ1n) is 10.8. The molecular formula is C27H24ClNO4. The van der Waals surface area contributed by atoms with E-state index in [1.807, 2.05) is 67.6 Å². The molecular weight excluding hydrogens is 438 g/mol. The number of benzene rings is 3. The van der Waals surface area contributed by atoms with Crippen molar-refractivity contribution in [3.8, 4) is 11.5 Å². The van der Waals surface area contributed by atoms with Crippen molar-refractivity contribution in [2.24, 2.45) is 0 Å². The van der Waals surface area contributed by atoms with Gasteiger partial charge < -0.3 is 13.9 Å². The van der Waals surface area contributed by atoms with E-state index >= 15 is 0 Å². The smallest absolute Gasteiger partial charge is 0.340 e. The number of methoxy groups -OCH3 is 1. The molecule has 0 atom stereocenters. The van der Waals surface area contributed by atoms with Crippen molar-refractivity contribution in [2.75, 3.05) is 13.8 Å². The number of halogens is 1. The molecule has 5 rings (SSSR count). The van der Waals surface area contributed by atoms with Gasteiger partial charge in [-0.25, -0.2) is 4.79 Å². The molecule has 1 aliphatic heterocycles. The number of hydrogen-bond donors (Lipinski definition) is 0. The number of ether oxygens (including phenoxy) is 2. The van der Waals surface area contributed by atoms with E-state index in [2.05, 4.69) is 4.90 Å². The Balaban J connectivity index is 1.53. The van der Waals surface area contributed by atoms with Gasteiger partial charge in [0.05, 0.1) is 17.7 Å². The standard InChI is InChI=1S/C27H24ClNO4/c1-17-21-13-24(28)26-23(15-29(16-32-26)14-19-9-6-10-20(11-19)31-2)25(21)33-27(30)22(17)12-18-7-4-3-5-8-18/h3-11,13H,12,14-16H2,1-2H3. The number of aryl methyl sites for hydroxylation is 1. The van der Waals surface area contributed by atoms with E-state index in [4.69, 9.17) is 25.5 Å². The molecule has 6 heteroatoms. The van der Waals surface area contributed by atoms with Crippen LogP contribution in [-0.2, 0) is 19.5 Å². The summed E-state index contributed by atoms with van der Waals surface area (Å²) in [5, 5.41) is 1.37. The van der Waals surface area contributed by atoms with Crippen LogP contribution < -0.4 is 15.1 Å². The van der Waals surface area contributed by atoms with Gasteiger partial charge in [0.25, 0.3) is 0 Å². The first-order valence-corrected chi connectivity index (χ1v) is 11.2. The fourth-order valence-electron chi connectivity index (χ4n) is 4.39. The Morgan fingerprint density at radius 3 is 2.64 bits per heavy atom. The van der Waals surface area contributed by atoms with Crippen LogP contribution in [0.1, 0.15) is 27.8 Å². The minimum absolute atomic E-state index is 0.321. The van der Waals surface area contributed by atoms with Crippen LogP contribution in [0.15, 0.2) is 69.9 Å². The summed E-state index contributed by atoms with van der Waals surface area (Å²) in [6, 6.07) is 19.7. The third kappa shape index (κ3) is 4.22. The Hall–Kier alpha value is -3.28. The Bertz CT molecular complexity index is 1380. The lowest BCUT2D eigenvalue weighted by Crippen LogP contribution is -2.32. The summed E-state index contributed by atoms with van der Waals surface area (Å²) in [5.74, 6) is 1.40. The molecule has 3 aromatic carbocycles. The lowest BCUT2D eigenvalue weighted by Gasteiger charge is -2.30. The molecule has 0 aliphatic carbocycles. The monoisotopic (exact) mass is 461 g/mol. The molecule has 1 aliphatic rings. The van der Waals surface area contributed by atoms with Gasteiger partial charge in [0.1, 0.15) is 23.8 Å². The first-order chi connectivity index (χ1) is 16.0. The fourth-order valence-corrected chi connectivity index (χ4v) is 4.67. The molecule has 0 radical (unpaired) electrons. The molecule has 168 valence electrons. The second-order valence-corrected chi connectivity index (χ2v) is 8.72. The highest BCUT2D eigenvalue weighted by Gasteiger charge is 2.26. The molecule has 0 saturated heterocycles. The molecule has 0 amide bonds. The summed E-state index contributed by atoms with van der Waals surface area (Å²) in [5.41, 5.74) is 4.73. The molecule has 4 aromatic rings. The maximum absolute atomic E-state index is 13.0. The van der Waals surface area contributed by atoms with Crippen LogP contribution in [0.2, 0.25) is 5.02 Å². The van der Waals surface area contributed by atoms with Gasteiger partial charge in [0.2, 0.25) is 0 Å². The summed E-state index contributed by atoms with van der Waals surface area (Å²) in [6.45, 7) is 3.58. The van der Waals surface area contributed by atoms with Gasteiger partial charge in [-0.1, -0.05) is 54.1 Å². The predicted molar refractivity (Wildman–Crippen MR) is 129 cm³/mol. The number of hydrogen-bond acceptors (Lipinski definition) is 5. The number of nitrogens with zero attached hydrogens (tertiary/aromatic N) is 1. The van der Waals surface area contributed by atoms with Gasteiger partial charge >= 0.3 is 5.63 Å². The number of fused-ring (bicyclic) bond motifs is 3. The molecule has 5 nitrogen and oxygen atoms in total. The molecule has 0 unspecified atom stereocenters. The van der Waals surface area contributed by atoms with Gasteiger partial charge in [-0.05, 0) is 41.8 Å². The normalized spacial score (nSPS) is 13.5. The molecule has 0 N–H and O–H groups in total. The van der Waals surface area contributed by atoms with Crippen molar-refractivity contribution in [2.45, 2.75) is 26.4 Å². The zero-order chi connectivity index (χ0) is 22.9. The van der Waals surface area contributed by atoms with E-state index in [0.717, 1.165) is 33.4 Å². The Morgan fingerprint density at radius 1 is 1.06 bits per heavy atom. The highest BCUT2D eigenvalue weighted by atomic mass is 35.5. The van der Waals surface area contributed by atoms with Crippen LogP contribution in [0.25, 0.3) is 11.0 Å². The second-order valence-electron chi connectivity index (χ2n) is 8.31. The van der Waals surface area contributed by atoms with E-state index in [-0.39, 0.29) is 5.63 Å². The van der Waals surface area contributed by atoms with Crippen molar-refractivity contribution in [3.63, 3.8) is 0 Å². The summed E-state index contributed by atoms with van der Waals surface area (Å²) in [6.07, 6.45) is 0.512. The number of rotatable bonds is 5. The molecule has 2 heterocycles. The van der Waals surface area contributed by atoms with Crippen LogP contribution in [0.3, 0.4) is 0 Å². The Kier molecular flexibility index (Phi) is 5.83. The summed E-state index contributed by atoms with van der Waals surface area (Å²) in [7, 11) is 1.66. The topological polar surface area (TPSA) is 51.9 Å². The first kappa shape index (κ1) is 21.6. The van der Waals surface area contributed by atoms with Crippen LogP contribution in [0.4, 0.5) is 0 Å². The maximum atomic E-state index is 13.0. The zero-order valence-corrected chi connectivity index (χ0v) is 19.3. The molecule has 0 bridgehead atoms. The molecule has 0 fully saturated rings. The van der Waals surface area contributed by atoms with Crippen molar-refractivity contribution >= 4 is 22.6 Å². The zero-order valence-electron chi connectivity index (χ0n) is 18.6. The van der Waals surface area contributed by atoms with E-state index < -0.39 is 0 Å². The van der Waals surface area contributed by atoms with E-state index in [0.29, 0.717) is 48.2 Å².